The van der Waals surface area contributed by atoms with E-state index in [1.54, 1.807) is 0 Å². The van der Waals surface area contributed by atoms with Crippen LogP contribution in [0.1, 0.15) is 65.7 Å². The molecule has 4 aliphatic rings. The lowest BCUT2D eigenvalue weighted by atomic mass is 9.49. The van der Waals surface area contributed by atoms with Crippen LogP contribution in [0.5, 0.6) is 0 Å². The largest absolute Gasteiger partial charge is 0.462 e. The number of esters is 1. The van der Waals surface area contributed by atoms with Crippen molar-refractivity contribution in [3.05, 3.63) is 23.8 Å². The molecule has 0 radical (unpaired) electrons. The molecule has 0 saturated heterocycles. The average Bonchev–Trinajstić information content (AvgIpc) is 2.92. The Kier molecular flexibility index (Phi) is 3.97. The maximum absolute atomic E-state index is 11.9. The van der Waals surface area contributed by atoms with Gasteiger partial charge in [0.25, 0.3) is 0 Å². The summed E-state index contributed by atoms with van der Waals surface area (Å²) >= 11 is 0. The second kappa shape index (κ2) is 5.82. The Hall–Kier alpha value is -1.38. The van der Waals surface area contributed by atoms with Crippen molar-refractivity contribution >= 4 is 11.8 Å². The normalized spacial score (nSPS) is 45.2. The molecular weight excluding hydrogens is 312 g/mol. The number of carbonyl (C=O) groups is 2. The highest BCUT2D eigenvalue weighted by Gasteiger charge is 2.58. The van der Waals surface area contributed by atoms with E-state index in [9.17, 15) is 9.59 Å². The van der Waals surface area contributed by atoms with Crippen LogP contribution in [-0.4, -0.2) is 17.9 Å². The maximum Gasteiger partial charge on any atom is 0.305 e. The SMILES string of the molecule is CCC(=O)OC1CCC2C3C=CC4=CC(=O)CCC4(C)C3CCC12C. The van der Waals surface area contributed by atoms with E-state index < -0.39 is 0 Å². The minimum atomic E-state index is -0.0591. The van der Waals surface area contributed by atoms with Gasteiger partial charge in [-0.1, -0.05) is 32.9 Å². The van der Waals surface area contributed by atoms with Crippen molar-refractivity contribution in [2.75, 3.05) is 0 Å². The molecular formula is C22H30O3. The van der Waals surface area contributed by atoms with Gasteiger partial charge in [0, 0.05) is 18.3 Å². The van der Waals surface area contributed by atoms with E-state index >= 15 is 0 Å². The zero-order valence-electron chi connectivity index (χ0n) is 15.7. The van der Waals surface area contributed by atoms with Crippen LogP contribution in [-0.2, 0) is 14.3 Å². The lowest BCUT2D eigenvalue weighted by Gasteiger charge is -2.55. The van der Waals surface area contributed by atoms with Crippen molar-refractivity contribution < 1.29 is 14.3 Å². The first-order valence-electron chi connectivity index (χ1n) is 10.0. The third-order valence-electron chi connectivity index (χ3n) is 7.99. The van der Waals surface area contributed by atoms with Crippen LogP contribution in [0.15, 0.2) is 23.8 Å². The van der Waals surface area contributed by atoms with Crippen LogP contribution in [0.3, 0.4) is 0 Å². The Bertz CT molecular complexity index is 660. The molecule has 0 heterocycles. The first-order valence-corrected chi connectivity index (χ1v) is 10.0. The predicted octanol–water partition coefficient (Wildman–Crippen LogP) is 4.62. The number of carbonyl (C=O) groups excluding carboxylic acids is 2. The van der Waals surface area contributed by atoms with E-state index in [-0.39, 0.29) is 28.7 Å². The number of hydrogen-bond acceptors (Lipinski definition) is 3. The predicted molar refractivity (Wildman–Crippen MR) is 96.8 cm³/mol. The molecule has 0 amide bonds. The zero-order valence-corrected chi connectivity index (χ0v) is 15.7. The van der Waals surface area contributed by atoms with Crippen molar-refractivity contribution in [1.82, 2.24) is 0 Å². The number of fused-ring (bicyclic) bond motifs is 5. The van der Waals surface area contributed by atoms with Gasteiger partial charge in [0.15, 0.2) is 5.78 Å². The Labute approximate surface area is 150 Å². The van der Waals surface area contributed by atoms with E-state index in [0.717, 1.165) is 25.7 Å². The molecule has 3 nitrogen and oxygen atoms in total. The van der Waals surface area contributed by atoms with Crippen LogP contribution < -0.4 is 0 Å². The molecule has 0 bridgehead atoms. The molecule has 6 atom stereocenters. The summed E-state index contributed by atoms with van der Waals surface area (Å²) in [6.07, 6.45) is 13.2. The summed E-state index contributed by atoms with van der Waals surface area (Å²) in [5.74, 6) is 1.99. The smallest absolute Gasteiger partial charge is 0.305 e. The molecule has 4 rings (SSSR count). The van der Waals surface area contributed by atoms with Gasteiger partial charge in [0.2, 0.25) is 0 Å². The third kappa shape index (κ3) is 2.45. The fourth-order valence-corrected chi connectivity index (χ4v) is 6.38. The Morgan fingerprint density at radius 1 is 1.20 bits per heavy atom. The van der Waals surface area contributed by atoms with Gasteiger partial charge in [-0.2, -0.15) is 0 Å². The summed E-state index contributed by atoms with van der Waals surface area (Å²) in [5, 5.41) is 0. The zero-order chi connectivity index (χ0) is 17.8. The van der Waals surface area contributed by atoms with Crippen LogP contribution in [0.4, 0.5) is 0 Å². The molecule has 136 valence electrons. The number of ketones is 1. The number of hydrogen-bond donors (Lipinski definition) is 0. The van der Waals surface area contributed by atoms with Crippen molar-refractivity contribution in [3.8, 4) is 0 Å². The summed E-state index contributed by atoms with van der Waals surface area (Å²) in [4.78, 5) is 23.7. The number of allylic oxidation sites excluding steroid dienone is 4. The quantitative estimate of drug-likeness (QED) is 0.688. The highest BCUT2D eigenvalue weighted by Crippen LogP contribution is 2.64. The summed E-state index contributed by atoms with van der Waals surface area (Å²) in [6.45, 7) is 6.59. The average molecular weight is 342 g/mol. The van der Waals surface area contributed by atoms with Crippen molar-refractivity contribution in [2.45, 2.75) is 71.8 Å². The molecule has 0 aromatic rings. The Morgan fingerprint density at radius 3 is 2.76 bits per heavy atom. The summed E-state index contributed by atoms with van der Waals surface area (Å²) in [7, 11) is 0. The minimum absolute atomic E-state index is 0.0591. The molecule has 3 heteroatoms. The summed E-state index contributed by atoms with van der Waals surface area (Å²) < 4.78 is 5.84. The van der Waals surface area contributed by atoms with E-state index in [4.69, 9.17) is 4.74 Å². The Balaban J connectivity index is 1.64. The molecule has 0 spiro atoms. The van der Waals surface area contributed by atoms with Gasteiger partial charge in [-0.15, -0.1) is 0 Å². The lowest BCUT2D eigenvalue weighted by Crippen LogP contribution is -2.50. The summed E-state index contributed by atoms with van der Waals surface area (Å²) in [5.41, 5.74) is 1.51. The van der Waals surface area contributed by atoms with Crippen LogP contribution in [0.2, 0.25) is 0 Å². The minimum Gasteiger partial charge on any atom is -0.462 e. The first kappa shape index (κ1) is 17.1. The van der Waals surface area contributed by atoms with E-state index in [2.05, 4.69) is 26.0 Å². The molecule has 4 aliphatic carbocycles. The van der Waals surface area contributed by atoms with Crippen LogP contribution in [0, 0.1) is 28.6 Å². The molecule has 0 aromatic carbocycles. The van der Waals surface area contributed by atoms with Gasteiger partial charge in [0.05, 0.1) is 0 Å². The Morgan fingerprint density at radius 2 is 2.00 bits per heavy atom. The third-order valence-corrected chi connectivity index (χ3v) is 7.99. The second-order valence-corrected chi connectivity index (χ2v) is 9.09. The maximum atomic E-state index is 11.9. The lowest BCUT2D eigenvalue weighted by molar-refractivity contribution is -0.158. The van der Waals surface area contributed by atoms with Crippen molar-refractivity contribution in [1.29, 1.82) is 0 Å². The van der Waals surface area contributed by atoms with Crippen LogP contribution in [0.25, 0.3) is 0 Å². The monoisotopic (exact) mass is 342 g/mol. The van der Waals surface area contributed by atoms with Crippen molar-refractivity contribution in [3.63, 3.8) is 0 Å². The van der Waals surface area contributed by atoms with Gasteiger partial charge < -0.3 is 4.74 Å². The van der Waals surface area contributed by atoms with Crippen molar-refractivity contribution in [2.24, 2.45) is 28.6 Å². The molecule has 0 N–H and O–H groups in total. The van der Waals surface area contributed by atoms with Gasteiger partial charge >= 0.3 is 5.97 Å². The summed E-state index contributed by atoms with van der Waals surface area (Å²) in [6, 6.07) is 0. The number of ether oxygens (including phenoxy) is 1. The molecule has 0 aliphatic heterocycles. The van der Waals surface area contributed by atoms with E-state index in [1.165, 1.54) is 12.0 Å². The number of rotatable bonds is 2. The van der Waals surface area contributed by atoms with Gasteiger partial charge in [-0.3, -0.25) is 9.59 Å². The van der Waals surface area contributed by atoms with Gasteiger partial charge in [-0.25, -0.2) is 0 Å². The van der Waals surface area contributed by atoms with E-state index in [0.29, 0.717) is 30.6 Å². The molecule has 2 saturated carbocycles. The second-order valence-electron chi connectivity index (χ2n) is 9.09. The first-order chi connectivity index (χ1) is 11.9. The van der Waals surface area contributed by atoms with Gasteiger partial charge in [0.1, 0.15) is 6.10 Å². The van der Waals surface area contributed by atoms with Crippen LogP contribution >= 0.6 is 0 Å². The highest BCUT2D eigenvalue weighted by atomic mass is 16.5. The fraction of sp³-hybridized carbons (Fsp3) is 0.727. The topological polar surface area (TPSA) is 43.4 Å². The van der Waals surface area contributed by atoms with E-state index in [1.807, 2.05) is 13.0 Å². The highest BCUT2D eigenvalue weighted by molar-refractivity contribution is 5.92. The molecule has 6 unspecified atom stereocenters. The molecule has 2 fully saturated rings. The fourth-order valence-electron chi connectivity index (χ4n) is 6.38. The standard InChI is InChI=1S/C22H30O3/c1-4-20(24)25-19-8-7-17-16-6-5-14-13-15(23)9-11-21(14,2)18(16)10-12-22(17,19)3/h5-6,13,16-19H,4,7-12H2,1-3H3. The van der Waals surface area contributed by atoms with Gasteiger partial charge in [-0.05, 0) is 66.9 Å². The molecule has 25 heavy (non-hydrogen) atoms. The molecule has 0 aromatic heterocycles.